The number of esters is 1. The van der Waals surface area contributed by atoms with Crippen LogP contribution in [0.5, 0.6) is 0 Å². The Morgan fingerprint density at radius 3 is 2.69 bits per heavy atom. The van der Waals surface area contributed by atoms with E-state index in [1.807, 2.05) is 0 Å². The lowest BCUT2D eigenvalue weighted by molar-refractivity contribution is -0.148. The topological polar surface area (TPSA) is 66.8 Å². The lowest BCUT2D eigenvalue weighted by atomic mass is 10.3. The summed E-state index contributed by atoms with van der Waals surface area (Å²) in [6, 6.07) is 0. The quantitative estimate of drug-likeness (QED) is 0.614. The number of nitrogens with zero attached hydrogens (tertiary/aromatic N) is 1. The first-order chi connectivity index (χ1) is 6.11. The minimum absolute atomic E-state index is 0.517. The summed E-state index contributed by atoms with van der Waals surface area (Å²) >= 11 is 0. The highest BCUT2D eigenvalue weighted by Gasteiger charge is 2.22. The number of allylic oxidation sites excluding steroid dienone is 2. The Kier molecular flexibility index (Phi) is 2.69. The van der Waals surface area contributed by atoms with E-state index in [9.17, 15) is 9.59 Å². The van der Waals surface area contributed by atoms with E-state index in [-0.39, 0.29) is 0 Å². The predicted octanol–water partition coefficient (Wildman–Crippen LogP) is 0.939. The summed E-state index contributed by atoms with van der Waals surface area (Å²) < 4.78 is 4.73. The number of hydrogen-bond donors (Lipinski definition) is 1. The zero-order chi connectivity index (χ0) is 9.84. The van der Waals surface area contributed by atoms with Crippen LogP contribution in [-0.2, 0) is 9.53 Å². The third-order valence-corrected chi connectivity index (χ3v) is 1.42. The van der Waals surface area contributed by atoms with Crippen molar-refractivity contribution >= 4 is 12.1 Å². The molecular weight excluding hydrogens is 174 g/mol. The van der Waals surface area contributed by atoms with E-state index >= 15 is 0 Å². The summed E-state index contributed by atoms with van der Waals surface area (Å²) in [4.78, 5) is 22.1. The van der Waals surface area contributed by atoms with Crippen molar-refractivity contribution in [3.8, 4) is 0 Å². The van der Waals surface area contributed by atoms with Crippen molar-refractivity contribution in [2.24, 2.45) is 0 Å². The van der Waals surface area contributed by atoms with E-state index in [1.165, 1.54) is 19.2 Å². The molecule has 1 aliphatic rings. The van der Waals surface area contributed by atoms with Crippen LogP contribution >= 0.6 is 0 Å². The van der Waals surface area contributed by atoms with Gasteiger partial charge in [0.1, 0.15) is 0 Å². The van der Waals surface area contributed by atoms with Gasteiger partial charge in [0.25, 0.3) is 0 Å². The molecule has 0 saturated carbocycles. The van der Waals surface area contributed by atoms with Gasteiger partial charge in [-0.3, -0.25) is 4.79 Å². The Hall–Kier alpha value is -1.78. The second-order valence-corrected chi connectivity index (χ2v) is 2.42. The maximum absolute atomic E-state index is 10.6. The van der Waals surface area contributed by atoms with Gasteiger partial charge in [-0.15, -0.1) is 0 Å². The third-order valence-electron chi connectivity index (χ3n) is 1.42. The molecule has 1 heterocycles. The van der Waals surface area contributed by atoms with Crippen LogP contribution in [-0.4, -0.2) is 28.3 Å². The summed E-state index contributed by atoms with van der Waals surface area (Å²) in [5, 5.41) is 8.67. The molecule has 0 spiro atoms. The van der Waals surface area contributed by atoms with Gasteiger partial charge in [-0.1, -0.05) is 6.08 Å². The Morgan fingerprint density at radius 1 is 1.46 bits per heavy atom. The van der Waals surface area contributed by atoms with Gasteiger partial charge < -0.3 is 9.84 Å². The van der Waals surface area contributed by atoms with E-state index in [1.54, 1.807) is 12.2 Å². The fourth-order valence-corrected chi connectivity index (χ4v) is 0.918. The molecular formula is C8H9NO4. The summed E-state index contributed by atoms with van der Waals surface area (Å²) in [6.45, 7) is 1.23. The van der Waals surface area contributed by atoms with E-state index in [0.29, 0.717) is 0 Å². The molecule has 0 fully saturated rings. The summed E-state index contributed by atoms with van der Waals surface area (Å²) in [6.07, 6.45) is 3.97. The van der Waals surface area contributed by atoms with Gasteiger partial charge >= 0.3 is 12.1 Å². The third kappa shape index (κ3) is 2.33. The Balaban J connectivity index is 2.70. The van der Waals surface area contributed by atoms with E-state index in [0.717, 1.165) is 4.90 Å². The number of carbonyl (C=O) groups excluding carboxylic acids is 1. The fourth-order valence-electron chi connectivity index (χ4n) is 0.918. The molecule has 1 aliphatic heterocycles. The molecule has 0 aromatic rings. The van der Waals surface area contributed by atoms with Gasteiger partial charge in [0.05, 0.1) is 0 Å². The predicted molar refractivity (Wildman–Crippen MR) is 43.7 cm³/mol. The van der Waals surface area contributed by atoms with Gasteiger partial charge in [-0.25, -0.2) is 9.69 Å². The SMILES string of the molecule is CC(=O)OC1C=CC=CN1C(=O)O. The summed E-state index contributed by atoms with van der Waals surface area (Å²) in [5.74, 6) is -0.517. The van der Waals surface area contributed by atoms with Crippen molar-refractivity contribution in [3.63, 3.8) is 0 Å². The number of hydrogen-bond acceptors (Lipinski definition) is 3. The molecule has 1 rings (SSSR count). The van der Waals surface area contributed by atoms with Crippen molar-refractivity contribution in [3.05, 3.63) is 24.4 Å². The lowest BCUT2D eigenvalue weighted by Crippen LogP contribution is -2.37. The van der Waals surface area contributed by atoms with Gasteiger partial charge in [-0.2, -0.15) is 0 Å². The molecule has 5 heteroatoms. The van der Waals surface area contributed by atoms with Gasteiger partial charge in [0.2, 0.25) is 6.23 Å². The molecule has 1 unspecified atom stereocenters. The first-order valence-corrected chi connectivity index (χ1v) is 3.65. The van der Waals surface area contributed by atoms with Crippen LogP contribution in [0.1, 0.15) is 6.92 Å². The average Bonchev–Trinajstić information content (AvgIpc) is 2.03. The minimum Gasteiger partial charge on any atom is -0.465 e. The molecule has 5 nitrogen and oxygen atoms in total. The second kappa shape index (κ2) is 3.75. The molecule has 0 aromatic carbocycles. The number of amides is 1. The molecule has 0 aliphatic carbocycles. The molecule has 1 atom stereocenters. The maximum atomic E-state index is 10.6. The summed E-state index contributed by atoms with van der Waals surface area (Å²) in [7, 11) is 0. The molecule has 0 radical (unpaired) electrons. The first kappa shape index (κ1) is 9.31. The van der Waals surface area contributed by atoms with Crippen molar-refractivity contribution in [2.75, 3.05) is 0 Å². The Labute approximate surface area is 74.9 Å². The summed E-state index contributed by atoms with van der Waals surface area (Å²) in [5.41, 5.74) is 0. The van der Waals surface area contributed by atoms with Crippen molar-refractivity contribution in [1.82, 2.24) is 4.90 Å². The van der Waals surface area contributed by atoms with Gasteiger partial charge in [0, 0.05) is 13.1 Å². The number of carboxylic acid groups (broad SMARTS) is 1. The molecule has 13 heavy (non-hydrogen) atoms. The van der Waals surface area contributed by atoms with Crippen LogP contribution < -0.4 is 0 Å². The molecule has 0 bridgehead atoms. The largest absolute Gasteiger partial charge is 0.465 e. The van der Waals surface area contributed by atoms with Crippen molar-refractivity contribution in [2.45, 2.75) is 13.2 Å². The molecule has 1 amide bonds. The highest BCUT2D eigenvalue weighted by atomic mass is 16.6. The Bertz CT molecular complexity index is 282. The van der Waals surface area contributed by atoms with Crippen molar-refractivity contribution in [1.29, 1.82) is 0 Å². The van der Waals surface area contributed by atoms with Crippen LogP contribution in [0.2, 0.25) is 0 Å². The molecule has 0 aromatic heterocycles. The van der Waals surface area contributed by atoms with E-state index in [2.05, 4.69) is 0 Å². The standard InChI is InChI=1S/C8H9NO4/c1-6(10)13-7-4-2-3-5-9(7)8(11)12/h2-5,7H,1H3,(H,11,12). The maximum Gasteiger partial charge on any atom is 0.414 e. The Morgan fingerprint density at radius 2 is 2.15 bits per heavy atom. The molecule has 70 valence electrons. The van der Waals surface area contributed by atoms with Crippen molar-refractivity contribution < 1.29 is 19.4 Å². The molecule has 0 saturated heterocycles. The van der Waals surface area contributed by atoms with Crippen LogP contribution in [0.15, 0.2) is 24.4 Å². The number of carbonyl (C=O) groups is 2. The van der Waals surface area contributed by atoms with E-state index < -0.39 is 18.3 Å². The minimum atomic E-state index is -1.16. The van der Waals surface area contributed by atoms with Crippen LogP contribution in [0.25, 0.3) is 0 Å². The lowest BCUT2D eigenvalue weighted by Gasteiger charge is -2.24. The van der Waals surface area contributed by atoms with Crippen LogP contribution in [0.3, 0.4) is 0 Å². The zero-order valence-corrected chi connectivity index (χ0v) is 7.01. The highest BCUT2D eigenvalue weighted by Crippen LogP contribution is 2.09. The van der Waals surface area contributed by atoms with Crippen LogP contribution in [0, 0.1) is 0 Å². The van der Waals surface area contributed by atoms with Gasteiger partial charge in [-0.05, 0) is 12.2 Å². The molecule has 1 N–H and O–H groups in total. The first-order valence-electron chi connectivity index (χ1n) is 3.65. The number of ether oxygens (including phenoxy) is 1. The normalized spacial score (nSPS) is 20.1. The van der Waals surface area contributed by atoms with Crippen LogP contribution in [0.4, 0.5) is 4.79 Å². The highest BCUT2D eigenvalue weighted by molar-refractivity contribution is 5.70. The smallest absolute Gasteiger partial charge is 0.414 e. The second-order valence-electron chi connectivity index (χ2n) is 2.42. The van der Waals surface area contributed by atoms with E-state index in [4.69, 9.17) is 9.84 Å². The zero-order valence-electron chi connectivity index (χ0n) is 7.01. The monoisotopic (exact) mass is 183 g/mol. The van der Waals surface area contributed by atoms with Gasteiger partial charge in [0.15, 0.2) is 0 Å². The fraction of sp³-hybridized carbons (Fsp3) is 0.250. The number of rotatable bonds is 1. The average molecular weight is 183 g/mol.